The Hall–Kier alpha value is -0.780. The van der Waals surface area contributed by atoms with Crippen LogP contribution in [0.1, 0.15) is 6.42 Å². The molecule has 2 aliphatic rings. The van der Waals surface area contributed by atoms with Gasteiger partial charge in [-0.2, -0.15) is 0 Å². The number of hydrogen-bond donors (Lipinski definition) is 0. The largest absolute Gasteiger partial charge is 0.0797 e. The quantitative estimate of drug-likeness (QED) is 0.439. The van der Waals surface area contributed by atoms with Crippen molar-refractivity contribution in [2.24, 2.45) is 5.92 Å². The smallest absolute Gasteiger partial charge is 0.0124 e. The molecule has 0 bridgehead atoms. The van der Waals surface area contributed by atoms with Crippen LogP contribution in [0.3, 0.4) is 0 Å². The molecule has 0 heteroatoms. The topological polar surface area (TPSA) is 0 Å². The first-order valence-corrected chi connectivity index (χ1v) is 2.93. The molecule has 0 nitrogen and oxygen atoms in total. The van der Waals surface area contributed by atoms with Gasteiger partial charge < -0.3 is 0 Å². The maximum Gasteiger partial charge on any atom is 0.0124 e. The third-order valence-corrected chi connectivity index (χ3v) is 1.67. The third kappa shape index (κ3) is 0.401. The molecule has 0 amide bonds. The van der Waals surface area contributed by atoms with E-state index in [1.807, 2.05) is 12.2 Å². The predicted octanol–water partition coefficient (Wildman–Crippen LogP) is 1.86. The summed E-state index contributed by atoms with van der Waals surface area (Å²) in [7, 11) is 0. The van der Waals surface area contributed by atoms with Gasteiger partial charge in [0.2, 0.25) is 0 Å². The minimum absolute atomic E-state index is 0.653. The van der Waals surface area contributed by atoms with E-state index in [-0.39, 0.29) is 0 Å². The Morgan fingerprint density at radius 2 is 2.62 bits per heavy atom. The summed E-state index contributed by atoms with van der Waals surface area (Å²) in [5.74, 6) is 0.653. The molecule has 0 saturated carbocycles. The van der Waals surface area contributed by atoms with Crippen LogP contribution in [0.15, 0.2) is 29.9 Å². The van der Waals surface area contributed by atoms with Gasteiger partial charge in [0.25, 0.3) is 0 Å². The molecule has 0 saturated heterocycles. The fourth-order valence-corrected chi connectivity index (χ4v) is 1.05. The maximum atomic E-state index is 3.24. The van der Waals surface area contributed by atoms with E-state index in [1.54, 1.807) is 0 Å². The molecule has 2 rings (SSSR count). The monoisotopic (exact) mass is 103 g/mol. The zero-order valence-electron chi connectivity index (χ0n) is 4.59. The third-order valence-electron chi connectivity index (χ3n) is 1.67. The van der Waals surface area contributed by atoms with Crippen molar-refractivity contribution in [3.63, 3.8) is 0 Å². The van der Waals surface area contributed by atoms with Gasteiger partial charge in [-0.15, -0.1) is 0 Å². The molecule has 8 heavy (non-hydrogen) atoms. The summed E-state index contributed by atoms with van der Waals surface area (Å²) in [5, 5.41) is 0. The number of rotatable bonds is 0. The zero-order valence-corrected chi connectivity index (χ0v) is 4.59. The fourth-order valence-electron chi connectivity index (χ4n) is 1.05. The van der Waals surface area contributed by atoms with Gasteiger partial charge in [-0.3, -0.25) is 0 Å². The van der Waals surface area contributed by atoms with Crippen LogP contribution in [-0.4, -0.2) is 0 Å². The summed E-state index contributed by atoms with van der Waals surface area (Å²) < 4.78 is 0. The second kappa shape index (κ2) is 1.35. The lowest BCUT2D eigenvalue weighted by Gasteiger charge is -2.22. The first-order valence-electron chi connectivity index (χ1n) is 2.93. The predicted molar refractivity (Wildman–Crippen MR) is 33.1 cm³/mol. The van der Waals surface area contributed by atoms with Crippen LogP contribution < -0.4 is 0 Å². The Morgan fingerprint density at radius 3 is 3.00 bits per heavy atom. The van der Waals surface area contributed by atoms with E-state index in [4.69, 9.17) is 0 Å². The first-order chi connectivity index (χ1) is 3.97. The fraction of sp³-hybridized carbons (Fsp3) is 0.250. The van der Waals surface area contributed by atoms with E-state index >= 15 is 0 Å². The normalized spacial score (nSPS) is 31.0. The number of allylic oxidation sites excluding steroid dienone is 6. The van der Waals surface area contributed by atoms with E-state index in [9.17, 15) is 0 Å². The molecule has 0 aromatic carbocycles. The highest BCUT2D eigenvalue weighted by molar-refractivity contribution is 5.36. The highest BCUT2D eigenvalue weighted by Crippen LogP contribution is 2.30. The van der Waals surface area contributed by atoms with Gasteiger partial charge in [-0.05, 0) is 18.1 Å². The van der Waals surface area contributed by atoms with Gasteiger partial charge in [0.1, 0.15) is 0 Å². The maximum absolute atomic E-state index is 3.24. The van der Waals surface area contributed by atoms with E-state index in [0.717, 1.165) is 0 Å². The standard InChI is InChI=1S/C8H7/c1-2-4-8-6-5-7(8)3-1/h1-3,5,8H,6H2. The van der Waals surface area contributed by atoms with Crippen LogP contribution in [0.2, 0.25) is 0 Å². The second-order valence-electron chi connectivity index (χ2n) is 2.18. The number of fused-ring (bicyclic) bond motifs is 1. The Bertz CT molecular complexity index is 182. The van der Waals surface area contributed by atoms with Crippen molar-refractivity contribution >= 4 is 0 Å². The Morgan fingerprint density at radius 1 is 1.62 bits per heavy atom. The van der Waals surface area contributed by atoms with Gasteiger partial charge in [0.15, 0.2) is 0 Å². The van der Waals surface area contributed by atoms with Crippen LogP contribution in [0, 0.1) is 12.0 Å². The van der Waals surface area contributed by atoms with Crippen molar-refractivity contribution in [2.45, 2.75) is 6.42 Å². The lowest BCUT2D eigenvalue weighted by molar-refractivity contribution is 0.692. The van der Waals surface area contributed by atoms with Gasteiger partial charge in [-0.1, -0.05) is 24.3 Å². The zero-order chi connectivity index (χ0) is 5.40. The van der Waals surface area contributed by atoms with Crippen molar-refractivity contribution in [2.75, 3.05) is 0 Å². The van der Waals surface area contributed by atoms with E-state index in [0.29, 0.717) is 5.92 Å². The molecule has 0 aromatic heterocycles. The lowest BCUT2D eigenvalue weighted by Crippen LogP contribution is -2.09. The summed E-state index contributed by atoms with van der Waals surface area (Å²) in [5.41, 5.74) is 1.45. The van der Waals surface area contributed by atoms with Gasteiger partial charge in [0.05, 0.1) is 0 Å². The Kier molecular flexibility index (Phi) is 0.696. The van der Waals surface area contributed by atoms with Crippen molar-refractivity contribution in [3.05, 3.63) is 36.0 Å². The first kappa shape index (κ1) is 4.13. The van der Waals surface area contributed by atoms with Gasteiger partial charge >= 0.3 is 0 Å². The molecule has 39 valence electrons. The summed E-state index contributed by atoms with van der Waals surface area (Å²) in [6.45, 7) is 0. The summed E-state index contributed by atoms with van der Waals surface area (Å²) in [6.07, 6.45) is 12.9. The minimum Gasteiger partial charge on any atom is -0.0797 e. The number of hydrogen-bond acceptors (Lipinski definition) is 0. The minimum atomic E-state index is 0.653. The van der Waals surface area contributed by atoms with E-state index in [1.165, 1.54) is 12.0 Å². The van der Waals surface area contributed by atoms with E-state index in [2.05, 4.69) is 18.2 Å². The van der Waals surface area contributed by atoms with Crippen LogP contribution in [0.25, 0.3) is 0 Å². The highest BCUT2D eigenvalue weighted by Gasteiger charge is 2.17. The molecule has 1 unspecified atom stereocenters. The molecule has 0 spiro atoms. The van der Waals surface area contributed by atoms with Crippen molar-refractivity contribution < 1.29 is 0 Å². The summed E-state index contributed by atoms with van der Waals surface area (Å²) >= 11 is 0. The second-order valence-corrected chi connectivity index (χ2v) is 2.18. The van der Waals surface area contributed by atoms with E-state index < -0.39 is 0 Å². The molecule has 0 heterocycles. The molecule has 1 atom stereocenters. The molecule has 1 radical (unpaired) electrons. The average molecular weight is 103 g/mol. The molecule has 0 aliphatic heterocycles. The van der Waals surface area contributed by atoms with Crippen LogP contribution in [0.4, 0.5) is 0 Å². The molecule has 2 aliphatic carbocycles. The lowest BCUT2D eigenvalue weighted by atomic mass is 9.82. The van der Waals surface area contributed by atoms with Crippen molar-refractivity contribution in [1.29, 1.82) is 0 Å². The van der Waals surface area contributed by atoms with Crippen LogP contribution in [0.5, 0.6) is 0 Å². The SMILES string of the molecule is [C]1=CC=CC2=CCC12. The molecule has 0 fully saturated rings. The molecule has 0 N–H and O–H groups in total. The van der Waals surface area contributed by atoms with Crippen molar-refractivity contribution in [3.8, 4) is 0 Å². The van der Waals surface area contributed by atoms with Gasteiger partial charge in [-0.25, -0.2) is 0 Å². The average Bonchev–Trinajstić information content (AvgIpc) is 1.72. The molecular weight excluding hydrogens is 96.1 g/mol. The summed E-state index contributed by atoms with van der Waals surface area (Å²) in [4.78, 5) is 0. The summed E-state index contributed by atoms with van der Waals surface area (Å²) in [6, 6.07) is 0. The molecule has 0 aromatic rings. The molecular formula is C8H7. The highest BCUT2D eigenvalue weighted by atomic mass is 14.2. The van der Waals surface area contributed by atoms with Crippen LogP contribution >= 0.6 is 0 Å². The van der Waals surface area contributed by atoms with Crippen LogP contribution in [-0.2, 0) is 0 Å². The van der Waals surface area contributed by atoms with Crippen molar-refractivity contribution in [1.82, 2.24) is 0 Å². The Balaban J connectivity index is 2.37. The van der Waals surface area contributed by atoms with Gasteiger partial charge in [0, 0.05) is 5.92 Å². The Labute approximate surface area is 49.2 Å².